The smallest absolute Gasteiger partial charge is 0.257 e. The number of aryl methyl sites for hydroxylation is 1. The molecule has 0 bridgehead atoms. The zero-order chi connectivity index (χ0) is 23.2. The van der Waals surface area contributed by atoms with Crippen LogP contribution in [0.5, 0.6) is 5.75 Å². The van der Waals surface area contributed by atoms with Gasteiger partial charge in [-0.2, -0.15) is 0 Å². The minimum atomic E-state index is 0.0160. The molecule has 2 aromatic carbocycles. The van der Waals surface area contributed by atoms with Gasteiger partial charge in [-0.1, -0.05) is 48.9 Å². The molecule has 0 spiro atoms. The molecule has 1 amide bonds. The van der Waals surface area contributed by atoms with E-state index in [1.165, 1.54) is 11.1 Å². The van der Waals surface area contributed by atoms with E-state index in [9.17, 15) is 4.79 Å². The maximum Gasteiger partial charge on any atom is 0.257 e. The molecular formula is C27H32N4O2. The zero-order valence-corrected chi connectivity index (χ0v) is 19.7. The number of hydrogen-bond acceptors (Lipinski definition) is 5. The first-order valence-corrected chi connectivity index (χ1v) is 11.6. The van der Waals surface area contributed by atoms with Gasteiger partial charge >= 0.3 is 0 Å². The molecular weight excluding hydrogens is 412 g/mol. The summed E-state index contributed by atoms with van der Waals surface area (Å²) in [5, 5.41) is 3.32. The molecule has 172 valence electrons. The summed E-state index contributed by atoms with van der Waals surface area (Å²) in [6.45, 7) is 6.56. The van der Waals surface area contributed by atoms with Crippen molar-refractivity contribution >= 4 is 11.9 Å². The van der Waals surface area contributed by atoms with Crippen LogP contribution >= 0.6 is 0 Å². The van der Waals surface area contributed by atoms with Crippen LogP contribution in [0.4, 0.5) is 5.95 Å². The van der Waals surface area contributed by atoms with Gasteiger partial charge in [0.05, 0.1) is 18.4 Å². The number of hydrogen-bond donors (Lipinski definition) is 1. The Bertz CT molecular complexity index is 1070. The van der Waals surface area contributed by atoms with Crippen molar-refractivity contribution < 1.29 is 9.53 Å². The van der Waals surface area contributed by atoms with Crippen molar-refractivity contribution in [1.29, 1.82) is 0 Å². The van der Waals surface area contributed by atoms with Crippen LogP contribution < -0.4 is 10.1 Å². The highest BCUT2D eigenvalue weighted by atomic mass is 16.5. The number of carbonyl (C=O) groups excluding carboxylic acids is 1. The summed E-state index contributed by atoms with van der Waals surface area (Å²) < 4.78 is 5.22. The van der Waals surface area contributed by atoms with Crippen molar-refractivity contribution in [1.82, 2.24) is 14.9 Å². The predicted octanol–water partition coefficient (Wildman–Crippen LogP) is 4.99. The minimum absolute atomic E-state index is 0.0160. The number of carbonyl (C=O) groups is 1. The van der Waals surface area contributed by atoms with Gasteiger partial charge in [-0.3, -0.25) is 4.79 Å². The molecule has 1 saturated heterocycles. The van der Waals surface area contributed by atoms with E-state index in [4.69, 9.17) is 9.72 Å². The molecule has 0 atom stereocenters. The van der Waals surface area contributed by atoms with Gasteiger partial charge in [-0.15, -0.1) is 0 Å². The van der Waals surface area contributed by atoms with Crippen LogP contribution in [0.1, 0.15) is 41.3 Å². The molecule has 0 saturated carbocycles. The molecule has 2 heterocycles. The summed E-state index contributed by atoms with van der Waals surface area (Å²) in [4.78, 5) is 24.5. The quantitative estimate of drug-likeness (QED) is 0.556. The predicted molar refractivity (Wildman–Crippen MR) is 132 cm³/mol. The molecule has 33 heavy (non-hydrogen) atoms. The number of methoxy groups -OCH3 is 1. The number of benzene rings is 2. The molecule has 1 fully saturated rings. The van der Waals surface area contributed by atoms with Crippen molar-refractivity contribution in [3.63, 3.8) is 0 Å². The first-order valence-electron chi connectivity index (χ1n) is 11.6. The second-order valence-corrected chi connectivity index (χ2v) is 8.82. The average Bonchev–Trinajstić information content (AvgIpc) is 2.85. The second-order valence-electron chi connectivity index (χ2n) is 8.82. The fourth-order valence-corrected chi connectivity index (χ4v) is 4.05. The summed E-state index contributed by atoms with van der Waals surface area (Å²) in [6, 6.07) is 16.2. The number of anilines is 1. The number of likely N-dealkylation sites (tertiary alicyclic amines) is 1. The van der Waals surface area contributed by atoms with E-state index < -0.39 is 0 Å². The molecule has 1 aliphatic rings. The molecule has 1 N–H and O–H groups in total. The Balaban J connectivity index is 1.53. The SMILES string of the molecule is COc1ccc(CCNc2ncc(C(=O)N3CCC(C)CC3)c(-c3ccc(C)cc3)n2)cc1. The highest BCUT2D eigenvalue weighted by molar-refractivity contribution is 5.99. The summed E-state index contributed by atoms with van der Waals surface area (Å²) in [5.74, 6) is 2.06. The molecule has 1 aliphatic heterocycles. The molecule has 0 unspecified atom stereocenters. The Morgan fingerprint density at radius 2 is 1.79 bits per heavy atom. The van der Waals surface area contributed by atoms with E-state index in [0.29, 0.717) is 29.7 Å². The van der Waals surface area contributed by atoms with Crippen molar-refractivity contribution in [2.24, 2.45) is 5.92 Å². The zero-order valence-electron chi connectivity index (χ0n) is 19.7. The highest BCUT2D eigenvalue weighted by Crippen LogP contribution is 2.26. The van der Waals surface area contributed by atoms with Crippen LogP contribution in [0.15, 0.2) is 54.7 Å². The average molecular weight is 445 g/mol. The molecule has 1 aromatic heterocycles. The van der Waals surface area contributed by atoms with Crippen LogP contribution in [0.25, 0.3) is 11.3 Å². The van der Waals surface area contributed by atoms with Gasteiger partial charge in [0.25, 0.3) is 5.91 Å². The number of nitrogens with one attached hydrogen (secondary N) is 1. The number of ether oxygens (including phenoxy) is 1. The van der Waals surface area contributed by atoms with E-state index in [2.05, 4.69) is 36.3 Å². The molecule has 4 rings (SSSR count). The van der Waals surface area contributed by atoms with Gasteiger partial charge in [0.15, 0.2) is 0 Å². The van der Waals surface area contributed by atoms with Crippen LogP contribution in [0.3, 0.4) is 0 Å². The standard InChI is InChI=1S/C27H32N4O2/c1-19-4-8-22(9-5-19)25-24(26(32)31-16-13-20(2)14-17-31)18-29-27(30-25)28-15-12-21-6-10-23(33-3)11-7-21/h4-11,18,20H,12-17H2,1-3H3,(H,28,29,30). The fraction of sp³-hybridized carbons (Fsp3) is 0.370. The van der Waals surface area contributed by atoms with Gasteiger partial charge < -0.3 is 15.0 Å². The molecule has 0 radical (unpaired) electrons. The van der Waals surface area contributed by atoms with Crippen LogP contribution in [-0.4, -0.2) is 47.5 Å². The fourth-order valence-electron chi connectivity index (χ4n) is 4.05. The Morgan fingerprint density at radius 1 is 1.09 bits per heavy atom. The van der Waals surface area contributed by atoms with Crippen LogP contribution in [0, 0.1) is 12.8 Å². The number of nitrogens with zero attached hydrogens (tertiary/aromatic N) is 3. The summed E-state index contributed by atoms with van der Waals surface area (Å²) in [7, 11) is 1.67. The van der Waals surface area contributed by atoms with Crippen molar-refractivity contribution in [2.75, 3.05) is 32.1 Å². The number of piperidine rings is 1. The number of amides is 1. The van der Waals surface area contributed by atoms with Gasteiger partial charge in [0.2, 0.25) is 5.95 Å². The third kappa shape index (κ3) is 5.69. The lowest BCUT2D eigenvalue weighted by Gasteiger charge is -2.30. The van der Waals surface area contributed by atoms with Crippen molar-refractivity contribution in [3.05, 3.63) is 71.4 Å². The first-order chi connectivity index (χ1) is 16.0. The minimum Gasteiger partial charge on any atom is -0.497 e. The van der Waals surface area contributed by atoms with Gasteiger partial charge in [-0.05, 0) is 49.8 Å². The summed E-state index contributed by atoms with van der Waals surface area (Å²) in [5.41, 5.74) is 4.54. The third-order valence-corrected chi connectivity index (χ3v) is 6.27. The van der Waals surface area contributed by atoms with Gasteiger partial charge in [-0.25, -0.2) is 9.97 Å². The lowest BCUT2D eigenvalue weighted by molar-refractivity contribution is 0.0697. The van der Waals surface area contributed by atoms with Crippen molar-refractivity contribution in [2.45, 2.75) is 33.1 Å². The largest absolute Gasteiger partial charge is 0.497 e. The normalized spacial score (nSPS) is 14.2. The molecule has 3 aromatic rings. The molecule has 0 aliphatic carbocycles. The van der Waals surface area contributed by atoms with E-state index in [1.807, 2.05) is 41.3 Å². The summed E-state index contributed by atoms with van der Waals surface area (Å²) >= 11 is 0. The molecule has 6 nitrogen and oxygen atoms in total. The second kappa shape index (κ2) is 10.5. The third-order valence-electron chi connectivity index (χ3n) is 6.27. The summed E-state index contributed by atoms with van der Waals surface area (Å²) in [6.07, 6.45) is 4.59. The van der Waals surface area contributed by atoms with Crippen molar-refractivity contribution in [3.8, 4) is 17.0 Å². The van der Waals surface area contributed by atoms with Crippen LogP contribution in [-0.2, 0) is 6.42 Å². The Kier molecular flexibility index (Phi) is 7.23. The maximum atomic E-state index is 13.3. The number of rotatable bonds is 7. The Morgan fingerprint density at radius 3 is 2.45 bits per heavy atom. The lowest BCUT2D eigenvalue weighted by atomic mass is 9.98. The lowest BCUT2D eigenvalue weighted by Crippen LogP contribution is -2.38. The van der Waals surface area contributed by atoms with Gasteiger partial charge in [0, 0.05) is 31.4 Å². The topological polar surface area (TPSA) is 67.3 Å². The Labute approximate surface area is 196 Å². The van der Waals surface area contributed by atoms with E-state index in [-0.39, 0.29) is 5.91 Å². The first kappa shape index (κ1) is 22.8. The van der Waals surface area contributed by atoms with Crippen LogP contribution in [0.2, 0.25) is 0 Å². The van der Waals surface area contributed by atoms with Gasteiger partial charge in [0.1, 0.15) is 5.75 Å². The maximum absolute atomic E-state index is 13.3. The monoisotopic (exact) mass is 444 g/mol. The van der Waals surface area contributed by atoms with E-state index in [1.54, 1.807) is 13.3 Å². The van der Waals surface area contributed by atoms with E-state index in [0.717, 1.165) is 43.7 Å². The highest BCUT2D eigenvalue weighted by Gasteiger charge is 2.25. The van der Waals surface area contributed by atoms with E-state index >= 15 is 0 Å². The molecule has 6 heteroatoms. The number of aromatic nitrogens is 2. The Hall–Kier alpha value is -3.41.